The fraction of sp³-hybridized carbons (Fsp3) is 0.600. The summed E-state index contributed by atoms with van der Waals surface area (Å²) in [5.74, 6) is 0. The molecule has 0 aliphatic rings. The van der Waals surface area contributed by atoms with Gasteiger partial charge in [0.15, 0.2) is 0 Å². The lowest BCUT2D eigenvalue weighted by atomic mass is 10.1. The van der Waals surface area contributed by atoms with Crippen LogP contribution in [0, 0.1) is 0 Å². The van der Waals surface area contributed by atoms with Crippen molar-refractivity contribution in [2.75, 3.05) is 27.2 Å². The summed E-state index contributed by atoms with van der Waals surface area (Å²) >= 11 is 0. The summed E-state index contributed by atoms with van der Waals surface area (Å²) in [6, 6.07) is 5.01. The van der Waals surface area contributed by atoms with Crippen LogP contribution < -0.4 is 5.32 Å². The molecule has 0 spiro atoms. The Labute approximate surface area is 123 Å². The molecule has 3 nitrogen and oxygen atoms in total. The summed E-state index contributed by atoms with van der Waals surface area (Å²) in [5.41, 5.74) is -0.461. The Morgan fingerprint density at radius 1 is 1.29 bits per heavy atom. The molecule has 0 aromatic heterocycles. The van der Waals surface area contributed by atoms with Gasteiger partial charge in [0.25, 0.3) is 0 Å². The van der Waals surface area contributed by atoms with Crippen molar-refractivity contribution in [1.29, 1.82) is 0 Å². The number of rotatable bonds is 7. The van der Waals surface area contributed by atoms with Crippen LogP contribution in [0.1, 0.15) is 30.6 Å². The molecule has 2 unspecified atom stereocenters. The molecule has 21 heavy (non-hydrogen) atoms. The molecule has 0 aliphatic carbocycles. The first-order chi connectivity index (χ1) is 9.70. The molecular formula is C15H23F3N2O. The maximum Gasteiger partial charge on any atom is 0.416 e. The lowest BCUT2D eigenvalue weighted by molar-refractivity contribution is -0.137. The van der Waals surface area contributed by atoms with Crippen molar-refractivity contribution in [3.63, 3.8) is 0 Å². The lowest BCUT2D eigenvalue weighted by Gasteiger charge is -2.19. The molecule has 0 saturated carbocycles. The van der Waals surface area contributed by atoms with Gasteiger partial charge in [-0.25, -0.2) is 0 Å². The van der Waals surface area contributed by atoms with Crippen LogP contribution in [-0.4, -0.2) is 43.2 Å². The second-order valence-corrected chi connectivity index (χ2v) is 5.54. The molecule has 120 valence electrons. The molecule has 0 aliphatic heterocycles. The zero-order valence-corrected chi connectivity index (χ0v) is 12.6. The van der Waals surface area contributed by atoms with Crippen molar-refractivity contribution in [1.82, 2.24) is 10.2 Å². The quantitative estimate of drug-likeness (QED) is 0.813. The Hall–Kier alpha value is -1.11. The number of nitrogens with one attached hydrogen (secondary N) is 1. The van der Waals surface area contributed by atoms with Crippen molar-refractivity contribution >= 4 is 0 Å². The number of benzene rings is 1. The van der Waals surface area contributed by atoms with Crippen molar-refractivity contribution in [2.24, 2.45) is 0 Å². The van der Waals surface area contributed by atoms with Crippen LogP contribution in [-0.2, 0) is 6.18 Å². The topological polar surface area (TPSA) is 35.5 Å². The summed E-state index contributed by atoms with van der Waals surface area (Å²) in [6.45, 7) is 3.13. The number of nitrogens with zero attached hydrogens (tertiary/aromatic N) is 1. The average molecular weight is 304 g/mol. The van der Waals surface area contributed by atoms with E-state index in [1.807, 2.05) is 21.0 Å². The number of hydrogen-bond acceptors (Lipinski definition) is 3. The smallest absolute Gasteiger partial charge is 0.387 e. The number of alkyl halides is 3. The second-order valence-electron chi connectivity index (χ2n) is 5.54. The van der Waals surface area contributed by atoms with Crippen LogP contribution in [0.25, 0.3) is 0 Å². The highest BCUT2D eigenvalue weighted by molar-refractivity contribution is 5.27. The van der Waals surface area contributed by atoms with Gasteiger partial charge >= 0.3 is 6.18 Å². The Morgan fingerprint density at radius 3 is 2.52 bits per heavy atom. The van der Waals surface area contributed by atoms with Crippen LogP contribution in [0.2, 0.25) is 0 Å². The Balaban J connectivity index is 2.54. The van der Waals surface area contributed by atoms with Gasteiger partial charge in [0.1, 0.15) is 0 Å². The normalized spacial score (nSPS) is 15.2. The largest absolute Gasteiger partial charge is 0.416 e. The van der Waals surface area contributed by atoms with Gasteiger partial charge in [0, 0.05) is 12.6 Å². The Kier molecular flexibility index (Phi) is 6.64. The molecule has 0 saturated heterocycles. The maximum atomic E-state index is 12.6. The predicted octanol–water partition coefficient (Wildman–Crippen LogP) is 2.67. The van der Waals surface area contributed by atoms with Gasteiger partial charge in [0.2, 0.25) is 0 Å². The number of halogens is 3. The summed E-state index contributed by atoms with van der Waals surface area (Å²) in [5, 5.41) is 13.1. The SMILES string of the molecule is CC(CCN(C)C)NCC(O)c1cccc(C(F)(F)F)c1. The molecular weight excluding hydrogens is 281 g/mol. The predicted molar refractivity (Wildman–Crippen MR) is 77.0 cm³/mol. The first-order valence-electron chi connectivity index (χ1n) is 6.93. The van der Waals surface area contributed by atoms with Crippen LogP contribution in [0.5, 0.6) is 0 Å². The molecule has 6 heteroatoms. The van der Waals surface area contributed by atoms with E-state index in [9.17, 15) is 18.3 Å². The number of aliphatic hydroxyl groups excluding tert-OH is 1. The van der Waals surface area contributed by atoms with Gasteiger partial charge in [-0.2, -0.15) is 13.2 Å². The summed E-state index contributed by atoms with van der Waals surface area (Å²) < 4.78 is 37.9. The zero-order valence-electron chi connectivity index (χ0n) is 12.6. The van der Waals surface area contributed by atoms with E-state index in [1.165, 1.54) is 12.1 Å². The van der Waals surface area contributed by atoms with E-state index in [2.05, 4.69) is 10.2 Å². The van der Waals surface area contributed by atoms with Gasteiger partial charge in [-0.1, -0.05) is 12.1 Å². The van der Waals surface area contributed by atoms with E-state index < -0.39 is 17.8 Å². The van der Waals surface area contributed by atoms with E-state index in [0.717, 1.165) is 25.1 Å². The Bertz CT molecular complexity index is 435. The second kappa shape index (κ2) is 7.77. The average Bonchev–Trinajstić information content (AvgIpc) is 2.41. The molecule has 0 fully saturated rings. The van der Waals surface area contributed by atoms with Gasteiger partial charge in [-0.15, -0.1) is 0 Å². The van der Waals surface area contributed by atoms with Gasteiger partial charge < -0.3 is 15.3 Å². The van der Waals surface area contributed by atoms with Crippen molar-refractivity contribution in [3.8, 4) is 0 Å². The number of hydrogen-bond donors (Lipinski definition) is 2. The lowest BCUT2D eigenvalue weighted by Crippen LogP contribution is -2.33. The minimum Gasteiger partial charge on any atom is -0.387 e. The van der Waals surface area contributed by atoms with E-state index in [0.29, 0.717) is 0 Å². The van der Waals surface area contributed by atoms with E-state index >= 15 is 0 Å². The van der Waals surface area contributed by atoms with E-state index in [4.69, 9.17) is 0 Å². The maximum absolute atomic E-state index is 12.6. The molecule has 1 aromatic rings. The third kappa shape index (κ3) is 6.46. The summed E-state index contributed by atoms with van der Waals surface area (Å²) in [7, 11) is 3.95. The minimum atomic E-state index is -4.39. The third-order valence-corrected chi connectivity index (χ3v) is 3.27. The van der Waals surface area contributed by atoms with Crippen LogP contribution in [0.3, 0.4) is 0 Å². The molecule has 2 atom stereocenters. The molecule has 1 aromatic carbocycles. The zero-order chi connectivity index (χ0) is 16.0. The summed E-state index contributed by atoms with van der Waals surface area (Å²) in [6.07, 6.45) is -4.43. The monoisotopic (exact) mass is 304 g/mol. The van der Waals surface area contributed by atoms with Gasteiger partial charge in [0.05, 0.1) is 11.7 Å². The molecule has 1 rings (SSSR count). The molecule has 0 amide bonds. The van der Waals surface area contributed by atoms with Crippen molar-refractivity contribution in [2.45, 2.75) is 31.7 Å². The Morgan fingerprint density at radius 2 is 1.95 bits per heavy atom. The van der Waals surface area contributed by atoms with Crippen molar-refractivity contribution < 1.29 is 18.3 Å². The fourth-order valence-electron chi connectivity index (χ4n) is 1.91. The van der Waals surface area contributed by atoms with Crippen LogP contribution in [0.15, 0.2) is 24.3 Å². The fourth-order valence-corrected chi connectivity index (χ4v) is 1.91. The highest BCUT2D eigenvalue weighted by atomic mass is 19.4. The van der Waals surface area contributed by atoms with Crippen LogP contribution in [0.4, 0.5) is 13.2 Å². The number of aliphatic hydroxyl groups is 1. The first kappa shape index (κ1) is 17.9. The molecule has 2 N–H and O–H groups in total. The summed E-state index contributed by atoms with van der Waals surface area (Å²) in [4.78, 5) is 2.06. The molecule has 0 bridgehead atoms. The standard InChI is InChI=1S/C15H23F3N2O/c1-11(7-8-20(2)3)19-10-14(21)12-5-4-6-13(9-12)15(16,17)18/h4-6,9,11,14,19,21H,7-8,10H2,1-3H3. The minimum absolute atomic E-state index is 0.188. The first-order valence-corrected chi connectivity index (χ1v) is 6.93. The molecule has 0 heterocycles. The van der Waals surface area contributed by atoms with Gasteiger partial charge in [-0.3, -0.25) is 0 Å². The highest BCUT2D eigenvalue weighted by Crippen LogP contribution is 2.30. The molecule has 0 radical (unpaired) electrons. The van der Waals surface area contributed by atoms with Gasteiger partial charge in [-0.05, 0) is 51.7 Å². The van der Waals surface area contributed by atoms with E-state index in [-0.39, 0.29) is 18.2 Å². The van der Waals surface area contributed by atoms with Crippen LogP contribution >= 0.6 is 0 Å². The highest BCUT2D eigenvalue weighted by Gasteiger charge is 2.30. The third-order valence-electron chi connectivity index (χ3n) is 3.27. The van der Waals surface area contributed by atoms with Crippen molar-refractivity contribution in [3.05, 3.63) is 35.4 Å². The van der Waals surface area contributed by atoms with E-state index in [1.54, 1.807) is 0 Å².